The molecular formula is C25H31NO6S. The van der Waals surface area contributed by atoms with E-state index in [4.69, 9.17) is 9.47 Å². The van der Waals surface area contributed by atoms with Crippen LogP contribution >= 0.6 is 0 Å². The summed E-state index contributed by atoms with van der Waals surface area (Å²) in [7, 11) is -2.13. The first-order chi connectivity index (χ1) is 15.5. The molecule has 3 rings (SSSR count). The fourth-order valence-corrected chi connectivity index (χ4v) is 5.47. The van der Waals surface area contributed by atoms with Gasteiger partial charge in [-0.1, -0.05) is 6.07 Å². The molecule has 178 valence electrons. The monoisotopic (exact) mass is 473 g/mol. The van der Waals surface area contributed by atoms with E-state index >= 15 is 0 Å². The quantitative estimate of drug-likeness (QED) is 0.448. The topological polar surface area (TPSA) is 90.0 Å². The Kier molecular flexibility index (Phi) is 7.59. The summed E-state index contributed by atoms with van der Waals surface area (Å²) in [6, 6.07) is 10.0. The van der Waals surface area contributed by atoms with Crippen LogP contribution in [0.5, 0.6) is 5.75 Å². The van der Waals surface area contributed by atoms with Crippen molar-refractivity contribution in [2.75, 3.05) is 20.2 Å². The van der Waals surface area contributed by atoms with Gasteiger partial charge in [-0.25, -0.2) is 8.42 Å². The number of hydrogen-bond acceptors (Lipinski definition) is 6. The second-order valence-corrected chi connectivity index (χ2v) is 10.5. The lowest BCUT2D eigenvalue weighted by atomic mass is 9.95. The lowest BCUT2D eigenvalue weighted by Gasteiger charge is -2.30. The van der Waals surface area contributed by atoms with Crippen LogP contribution in [0.1, 0.15) is 46.8 Å². The van der Waals surface area contributed by atoms with Crippen molar-refractivity contribution >= 4 is 21.8 Å². The van der Waals surface area contributed by atoms with Crippen LogP contribution in [-0.2, 0) is 19.6 Å². The molecule has 1 saturated heterocycles. The van der Waals surface area contributed by atoms with E-state index in [1.807, 2.05) is 32.9 Å². The van der Waals surface area contributed by atoms with E-state index in [1.54, 1.807) is 19.1 Å². The van der Waals surface area contributed by atoms with Crippen LogP contribution in [0, 0.1) is 26.7 Å². The standard InChI is InChI=1S/C25H31NO6S/c1-16-14-18(3)23(15-17(16)2)24(27)19(4)32-25(28)20-10-12-26(13-11-20)33(29,30)22-8-6-21(31-5)7-9-22/h6-9,14-15,19-20H,10-13H2,1-5H3. The SMILES string of the molecule is COc1ccc(S(=O)(=O)N2CCC(C(=O)OC(C)C(=O)c3cc(C)c(C)cc3C)CC2)cc1. The fourth-order valence-electron chi connectivity index (χ4n) is 4.00. The van der Waals surface area contributed by atoms with Crippen molar-refractivity contribution in [2.24, 2.45) is 5.92 Å². The van der Waals surface area contributed by atoms with Crippen LogP contribution in [0.4, 0.5) is 0 Å². The molecule has 0 amide bonds. The van der Waals surface area contributed by atoms with Crippen molar-refractivity contribution in [1.29, 1.82) is 0 Å². The number of rotatable bonds is 7. The zero-order valence-corrected chi connectivity index (χ0v) is 20.6. The van der Waals surface area contributed by atoms with Crippen molar-refractivity contribution in [3.8, 4) is 5.75 Å². The van der Waals surface area contributed by atoms with Crippen molar-refractivity contribution < 1.29 is 27.5 Å². The summed E-state index contributed by atoms with van der Waals surface area (Å²) < 4.78 is 37.7. The first kappa shape index (κ1) is 24.9. The van der Waals surface area contributed by atoms with Crippen LogP contribution in [0.2, 0.25) is 0 Å². The third kappa shape index (κ3) is 5.45. The minimum Gasteiger partial charge on any atom is -0.497 e. The van der Waals surface area contributed by atoms with Crippen LogP contribution in [0.3, 0.4) is 0 Å². The minimum absolute atomic E-state index is 0.187. The molecule has 0 aromatic heterocycles. The van der Waals surface area contributed by atoms with Gasteiger partial charge in [-0.2, -0.15) is 4.31 Å². The summed E-state index contributed by atoms with van der Waals surface area (Å²) in [6.07, 6.45) is -0.213. The van der Waals surface area contributed by atoms with Gasteiger partial charge in [0.15, 0.2) is 6.10 Å². The molecule has 1 aliphatic rings. The van der Waals surface area contributed by atoms with Gasteiger partial charge in [-0.3, -0.25) is 9.59 Å². The Morgan fingerprint density at radius 3 is 2.12 bits per heavy atom. The smallest absolute Gasteiger partial charge is 0.309 e. The number of ether oxygens (including phenoxy) is 2. The highest BCUT2D eigenvalue weighted by Crippen LogP contribution is 2.26. The van der Waals surface area contributed by atoms with E-state index in [1.165, 1.54) is 23.5 Å². The summed E-state index contributed by atoms with van der Waals surface area (Å²) in [5.41, 5.74) is 3.51. The number of Topliss-reactive ketones (excluding diaryl/α,β-unsaturated/α-hetero) is 1. The number of sulfonamides is 1. The maximum Gasteiger partial charge on any atom is 0.309 e. The molecule has 1 unspecified atom stereocenters. The van der Waals surface area contributed by atoms with Gasteiger partial charge in [0.25, 0.3) is 0 Å². The van der Waals surface area contributed by atoms with Gasteiger partial charge in [0.2, 0.25) is 15.8 Å². The molecule has 33 heavy (non-hydrogen) atoms. The van der Waals surface area contributed by atoms with E-state index in [0.717, 1.165) is 16.7 Å². The molecule has 2 aromatic carbocycles. The summed E-state index contributed by atoms with van der Waals surface area (Å²) >= 11 is 0. The van der Waals surface area contributed by atoms with Gasteiger partial charge in [-0.15, -0.1) is 0 Å². The molecule has 1 aliphatic heterocycles. The number of carbonyl (C=O) groups is 2. The van der Waals surface area contributed by atoms with Gasteiger partial charge in [-0.05, 0) is 87.6 Å². The molecule has 0 spiro atoms. The predicted octanol–water partition coefficient (Wildman–Crippen LogP) is 3.84. The van der Waals surface area contributed by atoms with E-state index in [0.29, 0.717) is 24.2 Å². The Labute approximate surface area is 195 Å². The Hall–Kier alpha value is -2.71. The molecule has 0 N–H and O–H groups in total. The third-order valence-electron chi connectivity index (χ3n) is 6.25. The van der Waals surface area contributed by atoms with Crippen molar-refractivity contribution in [3.05, 3.63) is 58.7 Å². The lowest BCUT2D eigenvalue weighted by molar-refractivity contribution is -0.152. The first-order valence-electron chi connectivity index (χ1n) is 11.0. The zero-order valence-electron chi connectivity index (χ0n) is 19.8. The normalized spacial score (nSPS) is 16.3. The molecule has 0 aliphatic carbocycles. The molecule has 1 fully saturated rings. The number of carbonyl (C=O) groups excluding carboxylic acids is 2. The number of ketones is 1. The number of hydrogen-bond donors (Lipinski definition) is 0. The highest BCUT2D eigenvalue weighted by molar-refractivity contribution is 7.89. The van der Waals surface area contributed by atoms with Crippen molar-refractivity contribution in [1.82, 2.24) is 4.31 Å². The summed E-state index contributed by atoms with van der Waals surface area (Å²) in [5.74, 6) is -0.555. The van der Waals surface area contributed by atoms with Crippen molar-refractivity contribution in [2.45, 2.75) is 51.5 Å². The number of piperidine rings is 1. The van der Waals surface area contributed by atoms with Gasteiger partial charge < -0.3 is 9.47 Å². The molecular weight excluding hydrogens is 442 g/mol. The van der Waals surface area contributed by atoms with E-state index in [-0.39, 0.29) is 23.8 Å². The van der Waals surface area contributed by atoms with E-state index < -0.39 is 28.0 Å². The number of methoxy groups -OCH3 is 1. The zero-order chi connectivity index (χ0) is 24.3. The summed E-state index contributed by atoms with van der Waals surface area (Å²) in [6.45, 7) is 7.81. The molecule has 2 aromatic rings. The van der Waals surface area contributed by atoms with E-state index in [9.17, 15) is 18.0 Å². The predicted molar refractivity (Wildman–Crippen MR) is 125 cm³/mol. The fraction of sp³-hybridized carbons (Fsp3) is 0.440. The van der Waals surface area contributed by atoms with E-state index in [2.05, 4.69) is 0 Å². The molecule has 7 nitrogen and oxygen atoms in total. The number of aryl methyl sites for hydroxylation is 3. The molecule has 8 heteroatoms. The van der Waals surface area contributed by atoms with Crippen molar-refractivity contribution in [3.63, 3.8) is 0 Å². The Balaban J connectivity index is 1.59. The minimum atomic E-state index is -3.65. The van der Waals surface area contributed by atoms with Crippen LogP contribution < -0.4 is 4.74 Å². The van der Waals surface area contributed by atoms with Gasteiger partial charge in [0, 0.05) is 18.7 Å². The average molecular weight is 474 g/mol. The maximum absolute atomic E-state index is 12.9. The van der Waals surface area contributed by atoms with Crippen LogP contribution in [-0.4, -0.2) is 50.8 Å². The Morgan fingerprint density at radius 1 is 0.970 bits per heavy atom. The maximum atomic E-state index is 12.9. The second-order valence-electron chi connectivity index (χ2n) is 8.55. The summed E-state index contributed by atoms with van der Waals surface area (Å²) in [4.78, 5) is 25.7. The van der Waals surface area contributed by atoms with Gasteiger partial charge in [0.1, 0.15) is 5.75 Å². The van der Waals surface area contributed by atoms with Crippen LogP contribution in [0.15, 0.2) is 41.3 Å². The summed E-state index contributed by atoms with van der Waals surface area (Å²) in [5, 5.41) is 0. The first-order valence-corrected chi connectivity index (χ1v) is 12.5. The molecule has 0 radical (unpaired) electrons. The average Bonchev–Trinajstić information content (AvgIpc) is 2.81. The number of esters is 1. The second kappa shape index (κ2) is 10.1. The van der Waals surface area contributed by atoms with Gasteiger partial charge in [0.05, 0.1) is 17.9 Å². The molecule has 1 heterocycles. The Bertz CT molecular complexity index is 1130. The highest BCUT2D eigenvalue weighted by Gasteiger charge is 2.34. The molecule has 1 atom stereocenters. The lowest BCUT2D eigenvalue weighted by Crippen LogP contribution is -2.41. The van der Waals surface area contributed by atoms with Crippen LogP contribution in [0.25, 0.3) is 0 Å². The number of benzene rings is 2. The number of nitrogens with zero attached hydrogens (tertiary/aromatic N) is 1. The Morgan fingerprint density at radius 2 is 1.55 bits per heavy atom. The largest absolute Gasteiger partial charge is 0.497 e. The molecule has 0 bridgehead atoms. The third-order valence-corrected chi connectivity index (χ3v) is 8.17. The molecule has 0 saturated carbocycles. The van der Waals surface area contributed by atoms with Gasteiger partial charge >= 0.3 is 5.97 Å². The highest BCUT2D eigenvalue weighted by atomic mass is 32.2.